The molecule has 3 N–H and O–H groups in total. The number of aldehydes is 1. The normalized spacial score (nSPS) is 16.3. The number of hydrogen-bond donors (Lipinski definition) is 3. The molecule has 4 aromatic carbocycles. The molecule has 0 aliphatic carbocycles. The number of benzene rings is 4. The van der Waals surface area contributed by atoms with Crippen molar-refractivity contribution in [3.63, 3.8) is 0 Å². The zero-order chi connectivity index (χ0) is 76.3. The monoisotopic (exact) mass is 1500 g/mol. The summed E-state index contributed by atoms with van der Waals surface area (Å²) in [5.41, 5.74) is 2.02. The maximum absolute atomic E-state index is 13.4. The van der Waals surface area contributed by atoms with Crippen molar-refractivity contribution < 1.29 is 120 Å². The molecule has 565 valence electrons. The van der Waals surface area contributed by atoms with Crippen LogP contribution in [0.5, 0.6) is 0 Å². The van der Waals surface area contributed by atoms with E-state index in [1.54, 1.807) is 94.1 Å². The van der Waals surface area contributed by atoms with Crippen LogP contribution in [0, 0.1) is 23.7 Å². The van der Waals surface area contributed by atoms with Crippen molar-refractivity contribution >= 4 is 88.9 Å². The molecule has 4 aliphatic rings. The van der Waals surface area contributed by atoms with Gasteiger partial charge in [-0.25, -0.2) is 19.4 Å². The number of rotatable bonds is 19. The second-order valence-corrected chi connectivity index (χ2v) is 24.5. The summed E-state index contributed by atoms with van der Waals surface area (Å²) in [6.45, 7) is 12.1. The number of halogens is 1. The number of nitrogens with zero attached hydrogens (tertiary/aromatic N) is 4. The largest absolute Gasteiger partial charge is 1.00 e. The van der Waals surface area contributed by atoms with Crippen molar-refractivity contribution in [2.75, 3.05) is 102 Å². The number of nitrogens with one attached hydrogen (secondary N) is 3. The molecule has 4 aromatic rings. The quantitative estimate of drug-likeness (QED) is 0.0223. The van der Waals surface area contributed by atoms with Crippen LogP contribution in [0.2, 0.25) is 0 Å². The summed E-state index contributed by atoms with van der Waals surface area (Å²) in [4.78, 5) is 131. The van der Waals surface area contributed by atoms with Gasteiger partial charge in [-0.15, -0.1) is 12.4 Å². The van der Waals surface area contributed by atoms with Crippen LogP contribution in [0.4, 0.5) is 0 Å². The van der Waals surface area contributed by atoms with Crippen LogP contribution in [-0.4, -0.2) is 220 Å². The summed E-state index contributed by atoms with van der Waals surface area (Å²) >= 11 is 0. The fraction of sp³-hybridized carbons (Fsp3) is 0.493. The first kappa shape index (κ1) is 95.4. The Hall–Kier alpha value is -7.57. The Balaban J connectivity index is 0.000000791. The van der Waals surface area contributed by atoms with Crippen LogP contribution in [0.15, 0.2) is 102 Å². The van der Waals surface area contributed by atoms with E-state index >= 15 is 0 Å². The number of methoxy groups -OCH3 is 2. The summed E-state index contributed by atoms with van der Waals surface area (Å²) < 4.78 is 39.8. The van der Waals surface area contributed by atoms with Gasteiger partial charge in [0.1, 0.15) is 19.5 Å². The number of piperidine rings is 2. The van der Waals surface area contributed by atoms with E-state index in [1.165, 1.54) is 72.3 Å². The molecule has 0 aromatic heterocycles. The summed E-state index contributed by atoms with van der Waals surface area (Å²) in [7, 11) is 18.1. The molecular weight excluding hydrogens is 1400 g/mol. The molecule has 4 aliphatic heterocycles. The molecule has 105 heavy (non-hydrogen) atoms. The van der Waals surface area contributed by atoms with Gasteiger partial charge in [0.15, 0.2) is 35.2 Å². The van der Waals surface area contributed by atoms with Gasteiger partial charge < -0.3 is 66.9 Å². The Morgan fingerprint density at radius 3 is 1.24 bits per heavy atom. The Labute approximate surface area is 649 Å². The van der Waals surface area contributed by atoms with E-state index in [1.807, 2.05) is 12.1 Å². The van der Waals surface area contributed by atoms with Crippen molar-refractivity contribution in [2.45, 2.75) is 141 Å². The van der Waals surface area contributed by atoms with Gasteiger partial charge in [-0.1, -0.05) is 47.9 Å². The maximum Gasteiger partial charge on any atom is 1.00 e. The fourth-order valence-electron chi connectivity index (χ4n) is 10.2. The topological polar surface area (TPSA) is 312 Å². The molecule has 4 atom stereocenters. The molecule has 4 heterocycles. The van der Waals surface area contributed by atoms with Gasteiger partial charge in [-0.05, 0) is 179 Å². The molecule has 8 rings (SSSR count). The number of hydrogen-bond acceptors (Lipinski definition) is 22. The first-order valence-corrected chi connectivity index (χ1v) is 34.1. The summed E-state index contributed by atoms with van der Waals surface area (Å²) in [6, 6.07) is 28.6. The van der Waals surface area contributed by atoms with E-state index in [-0.39, 0.29) is 55.2 Å². The molecule has 4 fully saturated rings. The molecule has 3 radical (unpaired) electrons. The molecule has 26 nitrogen and oxygen atoms in total. The Kier molecular flexibility index (Phi) is 47.7. The van der Waals surface area contributed by atoms with E-state index in [0.29, 0.717) is 60.5 Å². The van der Waals surface area contributed by atoms with Crippen LogP contribution in [0.3, 0.4) is 0 Å². The number of Topliss-reactive ketones (excluding diaryl/α,β-unsaturated/α-hetero) is 2. The first-order chi connectivity index (χ1) is 49.3. The second-order valence-electron chi connectivity index (χ2n) is 24.1. The van der Waals surface area contributed by atoms with Crippen molar-refractivity contribution in [1.29, 1.82) is 0 Å². The number of ketones is 2. The minimum absolute atomic E-state index is 0. The van der Waals surface area contributed by atoms with E-state index in [9.17, 15) is 47.9 Å². The SMILES string of the molecule is CC(=O)OOC(C)=O.CN=P.CNC(=O)[C@@](C)(C(=O)COC1CCCCO1)N(C)C(=O)c1ccc(C#Cc2ccc(C=O)cc2)cc1.CNC(=O)[C@@](C)(C(=O)COC1CCCCO1)N(C)C(=O)c1ccc(C#Cc2ccc(CN3CCC(OC)CC3)cc2)cc1.COC1CCNCC1.Cl.[B-]OC(C)=O.[Na+]. The molecule has 0 spiro atoms. The van der Waals surface area contributed by atoms with Crippen LogP contribution in [-0.2, 0) is 83.0 Å². The second kappa shape index (κ2) is 52.4. The van der Waals surface area contributed by atoms with Crippen molar-refractivity contribution in [1.82, 2.24) is 30.7 Å². The van der Waals surface area contributed by atoms with Gasteiger partial charge >= 0.3 is 41.5 Å². The van der Waals surface area contributed by atoms with Gasteiger partial charge in [0.05, 0.1) is 12.2 Å². The Morgan fingerprint density at radius 1 is 0.600 bits per heavy atom. The number of carbonyl (C=O) groups is 10. The average Bonchev–Trinajstić information content (AvgIpc) is 0.790. The Bertz CT molecular complexity index is 3490. The molecule has 30 heteroatoms. The number of amides is 4. The summed E-state index contributed by atoms with van der Waals surface area (Å²) in [6.07, 6.45) is 10.3. The van der Waals surface area contributed by atoms with Crippen LogP contribution in [0.1, 0.15) is 158 Å². The van der Waals surface area contributed by atoms with E-state index in [4.69, 9.17) is 28.4 Å². The van der Waals surface area contributed by atoms with Gasteiger partial charge in [0.2, 0.25) is 5.97 Å². The minimum Gasteiger partial charge on any atom is -0.793 e. The number of ether oxygens (including phenoxy) is 6. The third-order valence-electron chi connectivity index (χ3n) is 16.8. The predicted molar refractivity (Wildman–Crippen MR) is 395 cm³/mol. The van der Waals surface area contributed by atoms with Crippen molar-refractivity contribution in [3.8, 4) is 23.7 Å². The minimum atomic E-state index is -1.77. The van der Waals surface area contributed by atoms with E-state index in [0.717, 1.165) is 113 Å². The number of likely N-dealkylation sites (tertiary alicyclic amines) is 1. The van der Waals surface area contributed by atoms with Crippen LogP contribution in [0.25, 0.3) is 0 Å². The standard InChI is InChI=1S/C34H43N3O6.C28H30N2O6.C6H13NO.C4H6O4.C2H3BO2.CH4NP.ClH.Na/c1-34(33(40)35-2,30(38)24-43-31-7-5-6-22-42-31)36(3)32(39)28-16-14-26(15-17-28)9-8-25-10-12-27(13-11-25)23-37-20-18-29(41-4)19-21-37;1-28(27(34)29-2,24(32)19-36-25-6-4-5-17-35-25)30(3)26(33)23-15-13-21(14-16-23)8-7-20-9-11-22(18-31)12-10-20;1-8-6-2-4-7-5-3-6;1-3(5)7-8-4(2)6;1-2(4)5-3;1-2-3;;/h10-17,29,31H,5-7,18-24H2,1-4H3,(H,35,40);9-16,18,25H,4-6,17,19H2,1-3H3,(H,29,34);6-7H,2-5H2,1H3;1-2H3;1H3;3H,1H3;1H;/q;;;;-1;;;+1/t31?,34-;25?,28-;;;;;;/m11....../s1. The van der Waals surface area contributed by atoms with Crippen molar-refractivity contribution in [2.24, 2.45) is 4.74 Å². The average molecular weight is 1500 g/mol. The van der Waals surface area contributed by atoms with E-state index in [2.05, 4.69) is 92.9 Å². The molecule has 2 unspecified atom stereocenters. The van der Waals surface area contributed by atoms with Gasteiger partial charge in [0, 0.05) is 142 Å². The summed E-state index contributed by atoms with van der Waals surface area (Å²) in [5, 5.41) is 8.27. The zero-order valence-corrected chi connectivity index (χ0v) is 66.4. The third-order valence-corrected chi connectivity index (χ3v) is 16.8. The Morgan fingerprint density at radius 2 is 0.943 bits per heavy atom. The molecule has 4 amide bonds. The van der Waals surface area contributed by atoms with E-state index < -0.39 is 76.8 Å². The number of carbonyl (C=O) groups excluding carboxylic acids is 10. The zero-order valence-electron chi connectivity index (χ0n) is 62.6. The maximum atomic E-state index is 13.4. The summed E-state index contributed by atoms with van der Waals surface area (Å²) in [5.74, 6) is 7.36. The van der Waals surface area contributed by atoms with Gasteiger partial charge in [-0.2, -0.15) is 0 Å². The first-order valence-electron chi connectivity index (χ1n) is 33.7. The molecule has 0 saturated carbocycles. The van der Waals surface area contributed by atoms with Gasteiger partial charge in [0.25, 0.3) is 23.6 Å². The van der Waals surface area contributed by atoms with Crippen LogP contribution >= 0.6 is 21.4 Å². The third kappa shape index (κ3) is 33.8. The molecular formula is C75H100BClN7NaO19P. The molecule has 0 bridgehead atoms. The van der Waals surface area contributed by atoms with Crippen LogP contribution < -0.4 is 45.5 Å². The van der Waals surface area contributed by atoms with Crippen molar-refractivity contribution in [3.05, 3.63) is 142 Å². The van der Waals surface area contributed by atoms with Gasteiger partial charge in [-0.3, -0.25) is 48.0 Å². The smallest absolute Gasteiger partial charge is 0.793 e. The predicted octanol–water partition coefficient (Wildman–Crippen LogP) is 4.39. The molecule has 4 saturated heterocycles. The number of likely N-dealkylation sites (N-methyl/N-ethyl adjacent to an activating group) is 4. The fourth-order valence-corrected chi connectivity index (χ4v) is 10.2.